The summed E-state index contributed by atoms with van der Waals surface area (Å²) in [5.41, 5.74) is 3.10. The highest BCUT2D eigenvalue weighted by Crippen LogP contribution is 2.28. The highest BCUT2D eigenvalue weighted by atomic mass is 79.9. The number of hydrogen-bond acceptors (Lipinski definition) is 2. The van der Waals surface area contributed by atoms with Gasteiger partial charge in [0.05, 0.1) is 0 Å². The lowest BCUT2D eigenvalue weighted by atomic mass is 9.87. The van der Waals surface area contributed by atoms with Crippen LogP contribution in [-0.4, -0.2) is 37.1 Å². The molecular formula is C15H21BrN2. The lowest BCUT2D eigenvalue weighted by Crippen LogP contribution is -2.39. The van der Waals surface area contributed by atoms with Crippen LogP contribution in [0.5, 0.6) is 0 Å². The molecule has 2 unspecified atom stereocenters. The van der Waals surface area contributed by atoms with E-state index in [1.54, 1.807) is 11.1 Å². The van der Waals surface area contributed by atoms with Crippen LogP contribution in [0.15, 0.2) is 22.7 Å². The Kier molecular flexibility index (Phi) is 3.73. The first-order valence-electron chi connectivity index (χ1n) is 6.95. The summed E-state index contributed by atoms with van der Waals surface area (Å²) >= 11 is 3.57. The number of benzene rings is 1. The van der Waals surface area contributed by atoms with E-state index in [4.69, 9.17) is 0 Å². The summed E-state index contributed by atoms with van der Waals surface area (Å²) in [7, 11) is 2.09. The van der Waals surface area contributed by atoms with Crippen molar-refractivity contribution in [3.8, 4) is 0 Å². The maximum Gasteiger partial charge on any atom is 0.0204 e. The first-order chi connectivity index (χ1) is 8.76. The van der Waals surface area contributed by atoms with Crippen molar-refractivity contribution < 1.29 is 0 Å². The van der Waals surface area contributed by atoms with Gasteiger partial charge in [-0.05, 0) is 56.0 Å². The number of hydrogen-bond donors (Lipinski definition) is 1. The molecule has 98 valence electrons. The zero-order valence-corrected chi connectivity index (χ0v) is 12.5. The van der Waals surface area contributed by atoms with E-state index in [9.17, 15) is 0 Å². The molecule has 1 fully saturated rings. The van der Waals surface area contributed by atoms with Gasteiger partial charge in [0.1, 0.15) is 0 Å². The number of rotatable bonds is 2. The fraction of sp³-hybridized carbons (Fsp3) is 0.600. The predicted molar refractivity (Wildman–Crippen MR) is 79.0 cm³/mol. The quantitative estimate of drug-likeness (QED) is 0.903. The third kappa shape index (κ3) is 2.49. The van der Waals surface area contributed by atoms with Crippen LogP contribution in [0.4, 0.5) is 0 Å². The van der Waals surface area contributed by atoms with Crippen LogP contribution >= 0.6 is 15.9 Å². The molecule has 1 aromatic rings. The van der Waals surface area contributed by atoms with E-state index in [0.29, 0.717) is 6.04 Å². The fourth-order valence-electron chi connectivity index (χ4n) is 3.37. The molecule has 18 heavy (non-hydrogen) atoms. The van der Waals surface area contributed by atoms with E-state index in [1.807, 2.05) is 0 Å². The SMILES string of the molecule is CNC1CCN(C2CCc3cc(Br)ccc3C2)C1. The van der Waals surface area contributed by atoms with Gasteiger partial charge >= 0.3 is 0 Å². The van der Waals surface area contributed by atoms with Crippen LogP contribution in [0.2, 0.25) is 0 Å². The highest BCUT2D eigenvalue weighted by Gasteiger charge is 2.29. The van der Waals surface area contributed by atoms with Gasteiger partial charge in [0.2, 0.25) is 0 Å². The smallest absolute Gasteiger partial charge is 0.0204 e. The zero-order valence-electron chi connectivity index (χ0n) is 11.0. The molecular weight excluding hydrogens is 288 g/mol. The molecule has 1 aliphatic heterocycles. The van der Waals surface area contributed by atoms with Crippen LogP contribution < -0.4 is 5.32 Å². The van der Waals surface area contributed by atoms with Gasteiger partial charge < -0.3 is 5.32 Å². The Morgan fingerprint density at radius 3 is 2.94 bits per heavy atom. The fourth-order valence-corrected chi connectivity index (χ4v) is 3.78. The van der Waals surface area contributed by atoms with Crippen molar-refractivity contribution in [1.82, 2.24) is 10.2 Å². The molecule has 1 saturated heterocycles. The molecule has 1 heterocycles. The van der Waals surface area contributed by atoms with E-state index in [1.165, 1.54) is 43.2 Å². The number of likely N-dealkylation sites (N-methyl/N-ethyl adjacent to an activating group) is 1. The first kappa shape index (κ1) is 12.6. The van der Waals surface area contributed by atoms with Gasteiger partial charge in [-0.25, -0.2) is 0 Å². The molecule has 0 spiro atoms. The van der Waals surface area contributed by atoms with Gasteiger partial charge in [0.15, 0.2) is 0 Å². The second kappa shape index (κ2) is 5.32. The maximum absolute atomic E-state index is 3.57. The summed E-state index contributed by atoms with van der Waals surface area (Å²) in [4.78, 5) is 2.69. The molecule has 3 heteroatoms. The first-order valence-corrected chi connectivity index (χ1v) is 7.74. The maximum atomic E-state index is 3.57. The van der Waals surface area contributed by atoms with Crippen molar-refractivity contribution >= 4 is 15.9 Å². The topological polar surface area (TPSA) is 15.3 Å². The number of fused-ring (bicyclic) bond motifs is 1. The van der Waals surface area contributed by atoms with E-state index >= 15 is 0 Å². The van der Waals surface area contributed by atoms with Crippen molar-refractivity contribution in [2.45, 2.75) is 37.8 Å². The van der Waals surface area contributed by atoms with Gasteiger partial charge in [-0.1, -0.05) is 22.0 Å². The molecule has 1 aromatic carbocycles. The zero-order chi connectivity index (χ0) is 12.5. The Balaban J connectivity index is 1.70. The van der Waals surface area contributed by atoms with Crippen LogP contribution in [0.1, 0.15) is 24.0 Å². The summed E-state index contributed by atoms with van der Waals surface area (Å²) in [6.45, 7) is 2.50. The van der Waals surface area contributed by atoms with Crippen molar-refractivity contribution in [2.24, 2.45) is 0 Å². The van der Waals surface area contributed by atoms with E-state index < -0.39 is 0 Å². The van der Waals surface area contributed by atoms with Crippen LogP contribution in [-0.2, 0) is 12.8 Å². The normalized spacial score (nSPS) is 28.3. The summed E-state index contributed by atoms with van der Waals surface area (Å²) in [6.07, 6.45) is 5.10. The Bertz CT molecular complexity index is 433. The highest BCUT2D eigenvalue weighted by molar-refractivity contribution is 9.10. The number of nitrogens with one attached hydrogen (secondary N) is 1. The van der Waals surface area contributed by atoms with Crippen molar-refractivity contribution in [2.75, 3.05) is 20.1 Å². The Labute approximate surface area is 118 Å². The van der Waals surface area contributed by atoms with Gasteiger partial charge in [-0.3, -0.25) is 4.90 Å². The average Bonchev–Trinajstić information content (AvgIpc) is 2.87. The number of likely N-dealkylation sites (tertiary alicyclic amines) is 1. The molecule has 0 aromatic heterocycles. The summed E-state index contributed by atoms with van der Waals surface area (Å²) in [6, 6.07) is 8.25. The molecule has 0 bridgehead atoms. The Hall–Kier alpha value is -0.380. The van der Waals surface area contributed by atoms with Gasteiger partial charge in [-0.15, -0.1) is 0 Å². The minimum absolute atomic E-state index is 0.705. The standard InChI is InChI=1S/C15H21BrN2/c1-17-14-6-7-18(10-14)15-5-3-11-8-13(16)4-2-12(11)9-15/h2,4,8,14-15,17H,3,5-7,9-10H2,1H3. The van der Waals surface area contributed by atoms with Crippen LogP contribution in [0.3, 0.4) is 0 Å². The van der Waals surface area contributed by atoms with E-state index in [-0.39, 0.29) is 0 Å². The second-order valence-electron chi connectivity index (χ2n) is 5.58. The number of halogens is 1. The molecule has 0 saturated carbocycles. The monoisotopic (exact) mass is 308 g/mol. The van der Waals surface area contributed by atoms with Crippen LogP contribution in [0, 0.1) is 0 Å². The third-order valence-electron chi connectivity index (χ3n) is 4.52. The minimum Gasteiger partial charge on any atom is -0.316 e. The molecule has 2 nitrogen and oxygen atoms in total. The van der Waals surface area contributed by atoms with Gasteiger partial charge in [0.25, 0.3) is 0 Å². The molecule has 0 amide bonds. The third-order valence-corrected chi connectivity index (χ3v) is 5.01. The van der Waals surface area contributed by atoms with Crippen molar-refractivity contribution in [1.29, 1.82) is 0 Å². The second-order valence-corrected chi connectivity index (χ2v) is 6.49. The summed E-state index contributed by atoms with van der Waals surface area (Å²) in [5.74, 6) is 0. The number of aryl methyl sites for hydroxylation is 1. The average molecular weight is 309 g/mol. The molecule has 3 rings (SSSR count). The molecule has 1 aliphatic carbocycles. The summed E-state index contributed by atoms with van der Waals surface area (Å²) < 4.78 is 1.22. The van der Waals surface area contributed by atoms with Crippen LogP contribution in [0.25, 0.3) is 0 Å². The number of nitrogens with zero attached hydrogens (tertiary/aromatic N) is 1. The largest absolute Gasteiger partial charge is 0.316 e. The molecule has 2 atom stereocenters. The Morgan fingerprint density at radius 1 is 1.28 bits per heavy atom. The lowest BCUT2D eigenvalue weighted by Gasteiger charge is -2.32. The molecule has 2 aliphatic rings. The van der Waals surface area contributed by atoms with E-state index in [2.05, 4.69) is 51.4 Å². The predicted octanol–water partition coefficient (Wildman–Crippen LogP) is 2.60. The van der Waals surface area contributed by atoms with Gasteiger partial charge in [0, 0.05) is 29.6 Å². The summed E-state index contributed by atoms with van der Waals surface area (Å²) in [5, 5.41) is 3.41. The lowest BCUT2D eigenvalue weighted by molar-refractivity contribution is 0.217. The molecule has 1 N–H and O–H groups in total. The minimum atomic E-state index is 0.705. The Morgan fingerprint density at radius 2 is 2.17 bits per heavy atom. The van der Waals surface area contributed by atoms with E-state index in [0.717, 1.165) is 6.04 Å². The van der Waals surface area contributed by atoms with Crippen molar-refractivity contribution in [3.05, 3.63) is 33.8 Å². The molecule has 0 radical (unpaired) electrons. The van der Waals surface area contributed by atoms with Gasteiger partial charge in [-0.2, -0.15) is 0 Å². The van der Waals surface area contributed by atoms with Crippen molar-refractivity contribution in [3.63, 3.8) is 0 Å².